The van der Waals surface area contributed by atoms with Crippen molar-refractivity contribution in [1.29, 1.82) is 0 Å². The molecular weight excluding hydrogens is 222 g/mol. The summed E-state index contributed by atoms with van der Waals surface area (Å²) in [5.41, 5.74) is 2.00. The Labute approximate surface area is 99.5 Å². The number of nitrogens with zero attached hydrogens (tertiary/aromatic N) is 2. The molecule has 0 bridgehead atoms. The lowest BCUT2D eigenvalue weighted by atomic mass is 10.3. The highest BCUT2D eigenvalue weighted by Crippen LogP contribution is 2.05. The highest BCUT2D eigenvalue weighted by molar-refractivity contribution is 6.30. The van der Waals surface area contributed by atoms with Crippen LogP contribution in [-0.2, 0) is 13.1 Å². The van der Waals surface area contributed by atoms with E-state index < -0.39 is 0 Å². The number of rotatable bonds is 4. The molecule has 2 aromatic heterocycles. The third-order valence-corrected chi connectivity index (χ3v) is 2.35. The predicted molar refractivity (Wildman–Crippen MR) is 64.0 cm³/mol. The lowest BCUT2D eigenvalue weighted by molar-refractivity contribution is 0.667. The monoisotopic (exact) mass is 233 g/mol. The van der Waals surface area contributed by atoms with Gasteiger partial charge < -0.3 is 5.32 Å². The zero-order valence-electron chi connectivity index (χ0n) is 8.73. The zero-order valence-corrected chi connectivity index (χ0v) is 9.48. The van der Waals surface area contributed by atoms with E-state index >= 15 is 0 Å². The molecule has 0 aliphatic carbocycles. The molecule has 0 fully saturated rings. The Hall–Kier alpha value is -1.45. The van der Waals surface area contributed by atoms with Crippen LogP contribution in [0.25, 0.3) is 0 Å². The largest absolute Gasteiger partial charge is 0.306 e. The minimum absolute atomic E-state index is 0.661. The molecule has 0 radical (unpaired) electrons. The van der Waals surface area contributed by atoms with Crippen molar-refractivity contribution in [3.63, 3.8) is 0 Å². The Morgan fingerprint density at radius 3 is 2.44 bits per heavy atom. The van der Waals surface area contributed by atoms with E-state index in [0.717, 1.165) is 17.9 Å². The molecule has 2 heterocycles. The van der Waals surface area contributed by atoms with E-state index in [-0.39, 0.29) is 0 Å². The van der Waals surface area contributed by atoms with Crippen molar-refractivity contribution < 1.29 is 0 Å². The molecule has 0 unspecified atom stereocenters. The minimum Gasteiger partial charge on any atom is -0.306 e. The second-order valence-corrected chi connectivity index (χ2v) is 3.83. The molecule has 0 aromatic carbocycles. The highest BCUT2D eigenvalue weighted by Gasteiger charge is 1.95. The Morgan fingerprint density at radius 1 is 1.00 bits per heavy atom. The fraction of sp³-hybridized carbons (Fsp3) is 0.167. The number of pyridine rings is 2. The Morgan fingerprint density at radius 2 is 1.81 bits per heavy atom. The summed E-state index contributed by atoms with van der Waals surface area (Å²) < 4.78 is 0. The van der Waals surface area contributed by atoms with Crippen LogP contribution in [0.3, 0.4) is 0 Å². The van der Waals surface area contributed by atoms with Gasteiger partial charge in [-0.3, -0.25) is 9.97 Å². The number of aromatic nitrogens is 2. The van der Waals surface area contributed by atoms with Gasteiger partial charge in [-0.15, -0.1) is 0 Å². The van der Waals surface area contributed by atoms with Gasteiger partial charge in [0.25, 0.3) is 0 Å². The van der Waals surface area contributed by atoms with Crippen molar-refractivity contribution in [2.75, 3.05) is 0 Å². The number of hydrogen-bond donors (Lipinski definition) is 1. The average molecular weight is 234 g/mol. The van der Waals surface area contributed by atoms with Crippen molar-refractivity contribution >= 4 is 11.6 Å². The van der Waals surface area contributed by atoms with Gasteiger partial charge in [-0.2, -0.15) is 0 Å². The van der Waals surface area contributed by atoms with E-state index in [9.17, 15) is 0 Å². The number of hydrogen-bond acceptors (Lipinski definition) is 3. The molecule has 0 saturated heterocycles. The van der Waals surface area contributed by atoms with Gasteiger partial charge in [-0.25, -0.2) is 0 Å². The first-order valence-corrected chi connectivity index (χ1v) is 5.43. The molecule has 2 aromatic rings. The van der Waals surface area contributed by atoms with E-state index in [4.69, 9.17) is 11.6 Å². The van der Waals surface area contributed by atoms with Gasteiger partial charge in [0.15, 0.2) is 0 Å². The van der Waals surface area contributed by atoms with E-state index in [1.165, 1.54) is 0 Å². The van der Waals surface area contributed by atoms with Crippen LogP contribution in [0.2, 0.25) is 5.02 Å². The van der Waals surface area contributed by atoms with Gasteiger partial charge in [-0.1, -0.05) is 17.7 Å². The van der Waals surface area contributed by atoms with Crippen molar-refractivity contribution in [2.24, 2.45) is 0 Å². The van der Waals surface area contributed by atoms with Crippen molar-refractivity contribution in [3.8, 4) is 0 Å². The molecule has 3 nitrogen and oxygen atoms in total. The number of nitrogens with one attached hydrogen (secondary N) is 1. The molecule has 0 aliphatic rings. The van der Waals surface area contributed by atoms with Gasteiger partial charge >= 0.3 is 0 Å². The van der Waals surface area contributed by atoms with Crippen LogP contribution in [0.5, 0.6) is 0 Å². The second kappa shape index (κ2) is 5.58. The Bertz CT molecular complexity index is 428. The fourth-order valence-electron chi connectivity index (χ4n) is 1.33. The molecule has 16 heavy (non-hydrogen) atoms. The molecule has 0 atom stereocenters. The van der Waals surface area contributed by atoms with Crippen LogP contribution in [-0.4, -0.2) is 9.97 Å². The van der Waals surface area contributed by atoms with Crippen molar-refractivity contribution in [3.05, 3.63) is 59.1 Å². The molecule has 82 valence electrons. The van der Waals surface area contributed by atoms with Crippen LogP contribution in [0.1, 0.15) is 11.4 Å². The van der Waals surface area contributed by atoms with E-state index in [2.05, 4.69) is 15.3 Å². The molecule has 0 aliphatic heterocycles. The summed E-state index contributed by atoms with van der Waals surface area (Å²) in [5.74, 6) is 0. The summed E-state index contributed by atoms with van der Waals surface area (Å²) in [6.07, 6.45) is 3.44. The highest BCUT2D eigenvalue weighted by atomic mass is 35.5. The molecule has 0 spiro atoms. The summed E-state index contributed by atoms with van der Waals surface area (Å²) in [4.78, 5) is 8.41. The van der Waals surface area contributed by atoms with E-state index in [1.54, 1.807) is 12.4 Å². The van der Waals surface area contributed by atoms with Gasteiger partial charge in [0.05, 0.1) is 16.4 Å². The van der Waals surface area contributed by atoms with Crippen LogP contribution < -0.4 is 5.32 Å². The smallest absolute Gasteiger partial charge is 0.0589 e. The molecule has 0 saturated carbocycles. The molecular formula is C12H12ClN3. The normalized spacial score (nSPS) is 10.3. The third-order valence-electron chi connectivity index (χ3n) is 2.13. The molecule has 2 rings (SSSR count). The van der Waals surface area contributed by atoms with Gasteiger partial charge in [0.1, 0.15) is 0 Å². The first kappa shape index (κ1) is 11.0. The maximum Gasteiger partial charge on any atom is 0.0589 e. The SMILES string of the molecule is Clc1ccc(CNCc2ccccn2)nc1. The van der Waals surface area contributed by atoms with Gasteiger partial charge in [-0.05, 0) is 24.3 Å². The van der Waals surface area contributed by atoms with Crippen molar-refractivity contribution in [1.82, 2.24) is 15.3 Å². The van der Waals surface area contributed by atoms with Crippen molar-refractivity contribution in [2.45, 2.75) is 13.1 Å². The van der Waals surface area contributed by atoms with Crippen LogP contribution in [0, 0.1) is 0 Å². The summed E-state index contributed by atoms with van der Waals surface area (Å²) >= 11 is 5.75. The molecule has 4 heteroatoms. The Kier molecular flexibility index (Phi) is 3.86. The first-order chi connectivity index (χ1) is 7.84. The standard InChI is InChI=1S/C12H12ClN3/c13-10-4-5-12(16-7-10)9-14-8-11-3-1-2-6-15-11/h1-7,14H,8-9H2. The average Bonchev–Trinajstić information content (AvgIpc) is 2.33. The molecule has 0 amide bonds. The van der Waals surface area contributed by atoms with Gasteiger partial charge in [0.2, 0.25) is 0 Å². The minimum atomic E-state index is 0.661. The lowest BCUT2D eigenvalue weighted by Gasteiger charge is -2.03. The second-order valence-electron chi connectivity index (χ2n) is 3.39. The molecule has 1 N–H and O–H groups in total. The van der Waals surface area contributed by atoms with Crippen LogP contribution >= 0.6 is 11.6 Å². The maximum absolute atomic E-state index is 5.75. The third kappa shape index (κ3) is 3.29. The summed E-state index contributed by atoms with van der Waals surface area (Å²) in [7, 11) is 0. The summed E-state index contributed by atoms with van der Waals surface area (Å²) in [6.45, 7) is 1.46. The lowest BCUT2D eigenvalue weighted by Crippen LogP contribution is -2.14. The predicted octanol–water partition coefficient (Wildman–Crippen LogP) is 2.42. The zero-order chi connectivity index (χ0) is 11.2. The maximum atomic E-state index is 5.75. The topological polar surface area (TPSA) is 37.8 Å². The Balaban J connectivity index is 1.82. The first-order valence-electron chi connectivity index (χ1n) is 5.05. The van der Waals surface area contributed by atoms with Crippen LogP contribution in [0.4, 0.5) is 0 Å². The van der Waals surface area contributed by atoms with E-state index in [1.807, 2.05) is 30.3 Å². The van der Waals surface area contributed by atoms with Gasteiger partial charge in [0, 0.05) is 25.5 Å². The summed E-state index contributed by atoms with van der Waals surface area (Å²) in [5, 5.41) is 3.93. The van der Waals surface area contributed by atoms with Crippen LogP contribution in [0.15, 0.2) is 42.7 Å². The quantitative estimate of drug-likeness (QED) is 0.882. The summed E-state index contributed by atoms with van der Waals surface area (Å²) in [6, 6.07) is 9.62. The van der Waals surface area contributed by atoms with E-state index in [0.29, 0.717) is 11.6 Å². The fourth-order valence-corrected chi connectivity index (χ4v) is 1.44. The number of halogens is 1.